The lowest BCUT2D eigenvalue weighted by molar-refractivity contribution is 0.0663. The van der Waals surface area contributed by atoms with Gasteiger partial charge in [-0.3, -0.25) is 9.59 Å². The molecular formula is C29H31N3O5. The third-order valence-corrected chi connectivity index (χ3v) is 5.79. The number of hydrogen-bond acceptors (Lipinski definition) is 6. The van der Waals surface area contributed by atoms with E-state index in [4.69, 9.17) is 19.6 Å². The number of fused-ring (bicyclic) bond motifs is 1. The van der Waals surface area contributed by atoms with E-state index in [2.05, 4.69) is 17.6 Å². The summed E-state index contributed by atoms with van der Waals surface area (Å²) in [6.07, 6.45) is 0.930. The number of rotatable bonds is 11. The van der Waals surface area contributed by atoms with Gasteiger partial charge in [0.25, 0.3) is 11.8 Å². The van der Waals surface area contributed by atoms with Gasteiger partial charge in [0.1, 0.15) is 17.9 Å². The van der Waals surface area contributed by atoms with Gasteiger partial charge < -0.3 is 30.3 Å². The molecule has 3 aromatic carbocycles. The highest BCUT2D eigenvalue weighted by molar-refractivity contribution is 6.05. The summed E-state index contributed by atoms with van der Waals surface area (Å²) in [7, 11) is 0. The van der Waals surface area contributed by atoms with Crippen LogP contribution in [0.5, 0.6) is 5.75 Å². The van der Waals surface area contributed by atoms with E-state index < -0.39 is 0 Å². The molecule has 0 aliphatic heterocycles. The van der Waals surface area contributed by atoms with Crippen molar-refractivity contribution in [3.05, 3.63) is 89.7 Å². The van der Waals surface area contributed by atoms with Crippen LogP contribution in [0.1, 0.15) is 52.8 Å². The first-order chi connectivity index (χ1) is 17.9. The molecule has 1 aromatic heterocycles. The van der Waals surface area contributed by atoms with Gasteiger partial charge in [-0.05, 0) is 73.5 Å². The highest BCUT2D eigenvalue weighted by Gasteiger charge is 2.14. The molecule has 0 aliphatic rings. The first-order valence-corrected chi connectivity index (χ1v) is 12.3. The highest BCUT2D eigenvalue weighted by atomic mass is 16.5. The van der Waals surface area contributed by atoms with Crippen molar-refractivity contribution in [3.8, 4) is 5.75 Å². The van der Waals surface area contributed by atoms with Crippen LogP contribution in [0.3, 0.4) is 0 Å². The second-order valence-corrected chi connectivity index (χ2v) is 8.59. The van der Waals surface area contributed by atoms with E-state index in [1.807, 2.05) is 25.1 Å². The van der Waals surface area contributed by atoms with Gasteiger partial charge >= 0.3 is 0 Å². The van der Waals surface area contributed by atoms with E-state index in [9.17, 15) is 9.59 Å². The van der Waals surface area contributed by atoms with Gasteiger partial charge in [0.2, 0.25) is 0 Å². The molecule has 8 heteroatoms. The van der Waals surface area contributed by atoms with Gasteiger partial charge in [0.05, 0.1) is 24.0 Å². The van der Waals surface area contributed by atoms with E-state index in [1.165, 1.54) is 0 Å². The van der Waals surface area contributed by atoms with Gasteiger partial charge in [-0.15, -0.1) is 0 Å². The summed E-state index contributed by atoms with van der Waals surface area (Å²) >= 11 is 0. The Bertz CT molecular complexity index is 1360. The number of amides is 2. The Hall–Kier alpha value is -4.30. The van der Waals surface area contributed by atoms with E-state index in [1.54, 1.807) is 54.6 Å². The maximum absolute atomic E-state index is 12.5. The second-order valence-electron chi connectivity index (χ2n) is 8.59. The molecule has 0 saturated carbocycles. The summed E-state index contributed by atoms with van der Waals surface area (Å²) in [6, 6.07) is 21.3. The maximum atomic E-state index is 12.5. The zero-order valence-electron chi connectivity index (χ0n) is 21.0. The molecule has 0 spiro atoms. The van der Waals surface area contributed by atoms with Crippen LogP contribution in [0, 0.1) is 0 Å². The molecule has 4 rings (SSSR count). The second kappa shape index (κ2) is 12.1. The van der Waals surface area contributed by atoms with Crippen LogP contribution in [0.25, 0.3) is 11.0 Å². The zero-order valence-corrected chi connectivity index (χ0v) is 21.0. The van der Waals surface area contributed by atoms with Crippen molar-refractivity contribution >= 4 is 34.2 Å². The SMILES string of the molecule is CCCOC(C)c1ccc2oc(C(=O)NCCOc3ccc(C(=O)Nc4ccccc4N)cc3)cc2c1. The number of anilines is 2. The fourth-order valence-electron chi connectivity index (χ4n) is 3.75. The molecule has 1 unspecified atom stereocenters. The van der Waals surface area contributed by atoms with Gasteiger partial charge in [0, 0.05) is 17.6 Å². The van der Waals surface area contributed by atoms with E-state index in [0.29, 0.717) is 41.4 Å². The zero-order chi connectivity index (χ0) is 26.2. The van der Waals surface area contributed by atoms with E-state index in [0.717, 1.165) is 17.4 Å². The highest BCUT2D eigenvalue weighted by Crippen LogP contribution is 2.25. The standard InChI is InChI=1S/C29H31N3O5/c1-3-15-35-19(2)21-10-13-26-22(17-21)18-27(37-26)29(34)31-14-16-36-23-11-8-20(9-12-23)28(33)32-25-7-5-4-6-24(25)30/h4-13,17-19H,3,14-16,30H2,1-2H3,(H,31,34)(H,32,33). The first-order valence-electron chi connectivity index (χ1n) is 12.3. The predicted molar refractivity (Wildman–Crippen MR) is 144 cm³/mol. The van der Waals surface area contributed by atoms with Crippen molar-refractivity contribution in [2.24, 2.45) is 0 Å². The molecular weight excluding hydrogens is 470 g/mol. The number of para-hydroxylation sites is 2. The number of ether oxygens (including phenoxy) is 2. The number of carbonyl (C=O) groups excluding carboxylic acids is 2. The molecule has 0 radical (unpaired) electrons. The van der Waals surface area contributed by atoms with Crippen LogP contribution < -0.4 is 21.1 Å². The number of nitrogens with one attached hydrogen (secondary N) is 2. The number of furan rings is 1. The Labute approximate surface area is 215 Å². The molecule has 4 N–H and O–H groups in total. The summed E-state index contributed by atoms with van der Waals surface area (Å²) < 4.78 is 17.2. The lowest BCUT2D eigenvalue weighted by Gasteiger charge is -2.12. The van der Waals surface area contributed by atoms with Crippen LogP contribution in [-0.4, -0.2) is 31.6 Å². The normalized spacial score (nSPS) is 11.7. The van der Waals surface area contributed by atoms with Crippen molar-refractivity contribution in [1.82, 2.24) is 5.32 Å². The summed E-state index contributed by atoms with van der Waals surface area (Å²) in [5, 5.41) is 6.44. The summed E-state index contributed by atoms with van der Waals surface area (Å²) in [5.41, 5.74) is 9.09. The van der Waals surface area contributed by atoms with Gasteiger partial charge in [-0.25, -0.2) is 0 Å². The Morgan fingerprint density at radius 2 is 1.76 bits per heavy atom. The van der Waals surface area contributed by atoms with Crippen LogP contribution in [0.15, 0.2) is 77.2 Å². The van der Waals surface area contributed by atoms with Crippen molar-refractivity contribution in [3.63, 3.8) is 0 Å². The summed E-state index contributed by atoms with van der Waals surface area (Å²) in [5.74, 6) is 0.242. The first kappa shape index (κ1) is 25.8. The van der Waals surface area contributed by atoms with Crippen molar-refractivity contribution in [2.45, 2.75) is 26.4 Å². The van der Waals surface area contributed by atoms with Gasteiger partial charge in [-0.1, -0.05) is 25.1 Å². The molecule has 8 nitrogen and oxygen atoms in total. The number of carbonyl (C=O) groups is 2. The van der Waals surface area contributed by atoms with E-state index >= 15 is 0 Å². The lowest BCUT2D eigenvalue weighted by Crippen LogP contribution is -2.27. The summed E-state index contributed by atoms with van der Waals surface area (Å²) in [6.45, 7) is 5.33. The molecule has 0 bridgehead atoms. The smallest absolute Gasteiger partial charge is 0.287 e. The molecule has 2 amide bonds. The Morgan fingerprint density at radius 1 is 0.973 bits per heavy atom. The van der Waals surface area contributed by atoms with E-state index in [-0.39, 0.29) is 30.3 Å². The Kier molecular flexibility index (Phi) is 8.43. The maximum Gasteiger partial charge on any atom is 0.287 e. The molecule has 0 aliphatic carbocycles. The third kappa shape index (κ3) is 6.68. The van der Waals surface area contributed by atoms with Crippen molar-refractivity contribution < 1.29 is 23.5 Å². The minimum Gasteiger partial charge on any atom is -0.492 e. The monoisotopic (exact) mass is 501 g/mol. The quantitative estimate of drug-likeness (QED) is 0.183. The lowest BCUT2D eigenvalue weighted by atomic mass is 10.1. The Balaban J connectivity index is 1.25. The van der Waals surface area contributed by atoms with Gasteiger partial charge in [-0.2, -0.15) is 0 Å². The topological polar surface area (TPSA) is 116 Å². The predicted octanol–water partition coefficient (Wildman–Crippen LogP) is 5.56. The molecule has 1 atom stereocenters. The van der Waals surface area contributed by atoms with Crippen LogP contribution in [-0.2, 0) is 4.74 Å². The minimum absolute atomic E-state index is 0.0280. The summed E-state index contributed by atoms with van der Waals surface area (Å²) in [4.78, 5) is 25.0. The molecule has 4 aromatic rings. The van der Waals surface area contributed by atoms with Crippen molar-refractivity contribution in [2.75, 3.05) is 30.8 Å². The Morgan fingerprint density at radius 3 is 2.51 bits per heavy atom. The average molecular weight is 502 g/mol. The van der Waals surface area contributed by atoms with Crippen LogP contribution in [0.2, 0.25) is 0 Å². The molecule has 192 valence electrons. The van der Waals surface area contributed by atoms with Gasteiger partial charge in [0.15, 0.2) is 5.76 Å². The number of benzene rings is 3. The fourth-order valence-corrected chi connectivity index (χ4v) is 3.75. The molecule has 1 heterocycles. The third-order valence-electron chi connectivity index (χ3n) is 5.79. The van der Waals surface area contributed by atoms with Crippen LogP contribution >= 0.6 is 0 Å². The number of nitrogen functional groups attached to an aromatic ring is 1. The number of nitrogens with two attached hydrogens (primary N) is 1. The molecule has 37 heavy (non-hydrogen) atoms. The van der Waals surface area contributed by atoms with Crippen LogP contribution in [0.4, 0.5) is 11.4 Å². The minimum atomic E-state index is -0.316. The largest absolute Gasteiger partial charge is 0.492 e. The number of hydrogen-bond donors (Lipinski definition) is 3. The molecule has 0 saturated heterocycles. The van der Waals surface area contributed by atoms with Crippen molar-refractivity contribution in [1.29, 1.82) is 0 Å². The molecule has 0 fully saturated rings. The average Bonchev–Trinajstić information content (AvgIpc) is 3.35. The fraction of sp³-hybridized carbons (Fsp3) is 0.241.